The zero-order valence-corrected chi connectivity index (χ0v) is 7.08. The van der Waals surface area contributed by atoms with Crippen LogP contribution in [-0.4, -0.2) is 37.2 Å². The van der Waals surface area contributed by atoms with Gasteiger partial charge in [0, 0.05) is 6.54 Å². The Bertz CT molecular complexity index is 396. The van der Waals surface area contributed by atoms with Crippen LogP contribution >= 0.6 is 0 Å². The van der Waals surface area contributed by atoms with E-state index in [1.807, 2.05) is 0 Å². The molecule has 0 fully saturated rings. The lowest BCUT2D eigenvalue weighted by Crippen LogP contribution is -2.11. The average Bonchev–Trinajstić information content (AvgIpc) is 2.86. The summed E-state index contributed by atoms with van der Waals surface area (Å²) < 4.78 is 4.77. The number of rotatable bonds is 3. The van der Waals surface area contributed by atoms with Crippen LogP contribution in [0, 0.1) is 0 Å². The lowest BCUT2D eigenvalue weighted by molar-refractivity contribution is 0.141. The molecular weight excluding hydrogens is 188 g/mol. The predicted molar refractivity (Wildman–Crippen MR) is 43.7 cm³/mol. The standard InChI is InChI=1S/C6H8N6O2/c7-1-4(13)6-9-5(11-14-6)3-2-8-12-10-3/h2,4,13H,1,7H2,(H,8,10,12)/t4-/m0/s1. The highest BCUT2D eigenvalue weighted by Gasteiger charge is 2.16. The van der Waals surface area contributed by atoms with E-state index in [0.717, 1.165) is 0 Å². The van der Waals surface area contributed by atoms with E-state index in [4.69, 9.17) is 10.3 Å². The molecular formula is C6H8N6O2. The van der Waals surface area contributed by atoms with Gasteiger partial charge in [-0.2, -0.15) is 20.4 Å². The topological polar surface area (TPSA) is 127 Å². The Hall–Kier alpha value is -1.80. The Morgan fingerprint density at radius 1 is 1.64 bits per heavy atom. The largest absolute Gasteiger partial charge is 0.382 e. The molecule has 4 N–H and O–H groups in total. The Balaban J connectivity index is 2.26. The van der Waals surface area contributed by atoms with Gasteiger partial charge < -0.3 is 15.4 Å². The van der Waals surface area contributed by atoms with E-state index in [2.05, 4.69) is 25.6 Å². The quantitative estimate of drug-likeness (QED) is 0.565. The molecule has 8 nitrogen and oxygen atoms in total. The van der Waals surface area contributed by atoms with Gasteiger partial charge in [0.1, 0.15) is 6.10 Å². The summed E-state index contributed by atoms with van der Waals surface area (Å²) in [6.07, 6.45) is 0.506. The lowest BCUT2D eigenvalue weighted by atomic mass is 10.3. The molecule has 0 spiro atoms. The third-order valence-corrected chi connectivity index (χ3v) is 1.59. The lowest BCUT2D eigenvalue weighted by Gasteiger charge is -1.97. The van der Waals surface area contributed by atoms with E-state index in [1.165, 1.54) is 6.20 Å². The molecule has 0 aliphatic carbocycles. The highest BCUT2D eigenvalue weighted by Crippen LogP contribution is 2.14. The molecule has 0 saturated carbocycles. The third-order valence-electron chi connectivity index (χ3n) is 1.59. The third kappa shape index (κ3) is 1.47. The first-order valence-corrected chi connectivity index (χ1v) is 3.89. The van der Waals surface area contributed by atoms with Gasteiger partial charge in [-0.25, -0.2) is 0 Å². The van der Waals surface area contributed by atoms with E-state index in [0.29, 0.717) is 5.69 Å². The van der Waals surface area contributed by atoms with Crippen LogP contribution in [0.1, 0.15) is 12.0 Å². The average molecular weight is 196 g/mol. The molecule has 0 saturated heterocycles. The first kappa shape index (κ1) is 8.78. The monoisotopic (exact) mass is 196 g/mol. The minimum atomic E-state index is -0.942. The molecule has 0 aliphatic rings. The number of hydrogen-bond donors (Lipinski definition) is 3. The summed E-state index contributed by atoms with van der Waals surface area (Å²) in [6, 6.07) is 0. The molecule has 2 aromatic heterocycles. The van der Waals surface area contributed by atoms with Crippen LogP contribution in [0.25, 0.3) is 11.5 Å². The molecule has 2 aromatic rings. The van der Waals surface area contributed by atoms with Gasteiger partial charge >= 0.3 is 0 Å². The Morgan fingerprint density at radius 2 is 2.50 bits per heavy atom. The molecule has 2 rings (SSSR count). The number of H-pyrrole nitrogens is 1. The maximum Gasteiger partial charge on any atom is 0.257 e. The highest BCUT2D eigenvalue weighted by molar-refractivity contribution is 5.44. The number of aliphatic hydroxyl groups excluding tert-OH is 1. The van der Waals surface area contributed by atoms with Gasteiger partial charge in [0.25, 0.3) is 5.89 Å². The zero-order valence-electron chi connectivity index (χ0n) is 7.08. The maximum atomic E-state index is 9.28. The molecule has 0 aliphatic heterocycles. The number of nitrogens with two attached hydrogens (primary N) is 1. The van der Waals surface area contributed by atoms with E-state index in [9.17, 15) is 5.11 Å². The van der Waals surface area contributed by atoms with Gasteiger partial charge in [0.2, 0.25) is 5.82 Å². The number of aromatic nitrogens is 5. The van der Waals surface area contributed by atoms with Crippen LogP contribution in [-0.2, 0) is 0 Å². The minimum absolute atomic E-state index is 0.0282. The summed E-state index contributed by atoms with van der Waals surface area (Å²) in [7, 11) is 0. The fraction of sp³-hybridized carbons (Fsp3) is 0.333. The second kappa shape index (κ2) is 3.52. The van der Waals surface area contributed by atoms with Crippen molar-refractivity contribution in [3.63, 3.8) is 0 Å². The number of aliphatic hydroxyl groups is 1. The molecule has 14 heavy (non-hydrogen) atoms. The number of nitrogens with one attached hydrogen (secondary N) is 1. The van der Waals surface area contributed by atoms with Crippen LogP contribution in [0.5, 0.6) is 0 Å². The van der Waals surface area contributed by atoms with Crippen LogP contribution in [0.3, 0.4) is 0 Å². The fourth-order valence-electron chi connectivity index (χ4n) is 0.885. The van der Waals surface area contributed by atoms with Crippen molar-refractivity contribution in [3.8, 4) is 11.5 Å². The van der Waals surface area contributed by atoms with Crippen molar-refractivity contribution in [1.82, 2.24) is 25.6 Å². The smallest absolute Gasteiger partial charge is 0.257 e. The van der Waals surface area contributed by atoms with Crippen molar-refractivity contribution in [2.45, 2.75) is 6.10 Å². The highest BCUT2D eigenvalue weighted by atomic mass is 16.5. The number of nitrogens with zero attached hydrogens (tertiary/aromatic N) is 4. The summed E-state index contributed by atoms with van der Waals surface area (Å²) in [4.78, 5) is 3.89. The van der Waals surface area contributed by atoms with Crippen LogP contribution in [0.4, 0.5) is 0 Å². The number of hydrogen-bond acceptors (Lipinski definition) is 7. The molecule has 0 radical (unpaired) electrons. The van der Waals surface area contributed by atoms with E-state index >= 15 is 0 Å². The predicted octanol–water partition coefficient (Wildman–Crippen LogP) is -1.15. The number of aromatic amines is 1. The summed E-state index contributed by atoms with van der Waals surface area (Å²) in [5.74, 6) is 0.340. The van der Waals surface area contributed by atoms with Crippen LogP contribution < -0.4 is 5.73 Å². The summed E-state index contributed by atoms with van der Waals surface area (Å²) in [5, 5.41) is 22.6. The van der Waals surface area contributed by atoms with Crippen molar-refractivity contribution in [2.75, 3.05) is 6.54 Å². The maximum absolute atomic E-state index is 9.28. The molecule has 0 bridgehead atoms. The second-order valence-electron chi connectivity index (χ2n) is 2.56. The SMILES string of the molecule is NC[C@H](O)c1nc(-c2cn[nH]n2)no1. The molecule has 0 aromatic carbocycles. The van der Waals surface area contributed by atoms with Gasteiger partial charge in [-0.15, -0.1) is 0 Å². The van der Waals surface area contributed by atoms with Gasteiger partial charge in [-0.3, -0.25) is 0 Å². The Labute approximate surface area is 78.1 Å². The minimum Gasteiger partial charge on any atom is -0.382 e. The van der Waals surface area contributed by atoms with Gasteiger partial charge in [-0.1, -0.05) is 5.16 Å². The first-order chi connectivity index (χ1) is 6.81. The van der Waals surface area contributed by atoms with E-state index < -0.39 is 6.10 Å². The van der Waals surface area contributed by atoms with Crippen LogP contribution in [0.15, 0.2) is 10.7 Å². The Morgan fingerprint density at radius 3 is 3.14 bits per heavy atom. The van der Waals surface area contributed by atoms with Gasteiger partial charge in [0.05, 0.1) is 6.20 Å². The van der Waals surface area contributed by atoms with Crippen LogP contribution in [0.2, 0.25) is 0 Å². The molecule has 0 amide bonds. The van der Waals surface area contributed by atoms with Crippen molar-refractivity contribution in [1.29, 1.82) is 0 Å². The first-order valence-electron chi connectivity index (χ1n) is 3.89. The van der Waals surface area contributed by atoms with Crippen molar-refractivity contribution >= 4 is 0 Å². The molecule has 74 valence electrons. The van der Waals surface area contributed by atoms with Crippen molar-refractivity contribution in [2.24, 2.45) is 5.73 Å². The summed E-state index contributed by atoms with van der Waals surface area (Å²) >= 11 is 0. The fourth-order valence-corrected chi connectivity index (χ4v) is 0.885. The second-order valence-corrected chi connectivity index (χ2v) is 2.56. The van der Waals surface area contributed by atoms with Crippen molar-refractivity contribution in [3.05, 3.63) is 12.1 Å². The van der Waals surface area contributed by atoms with E-state index in [-0.39, 0.29) is 18.3 Å². The zero-order chi connectivity index (χ0) is 9.97. The van der Waals surface area contributed by atoms with Crippen molar-refractivity contribution < 1.29 is 9.63 Å². The summed E-state index contributed by atoms with van der Waals surface area (Å²) in [5.41, 5.74) is 5.67. The molecule has 1 atom stereocenters. The van der Waals surface area contributed by atoms with Gasteiger partial charge in [0.15, 0.2) is 5.69 Å². The van der Waals surface area contributed by atoms with Gasteiger partial charge in [-0.05, 0) is 0 Å². The van der Waals surface area contributed by atoms with E-state index in [1.54, 1.807) is 0 Å². The summed E-state index contributed by atoms with van der Waals surface area (Å²) in [6.45, 7) is 0.0282. The molecule has 0 unspecified atom stereocenters. The normalized spacial score (nSPS) is 13.0. The molecule has 2 heterocycles. The Kier molecular flexibility index (Phi) is 2.21. The molecule has 8 heteroatoms.